The highest BCUT2D eigenvalue weighted by Crippen LogP contribution is 2.16. The predicted octanol–water partition coefficient (Wildman–Crippen LogP) is 1.56. The minimum Gasteiger partial charge on any atom is -0.332 e. The molecule has 0 aromatic rings. The lowest BCUT2D eigenvalue weighted by Crippen LogP contribution is -2.39. The van der Waals surface area contributed by atoms with Gasteiger partial charge in [0.05, 0.1) is 0 Å². The number of hydrogen-bond donors (Lipinski definition) is 0. The van der Waals surface area contributed by atoms with Crippen molar-refractivity contribution in [1.29, 1.82) is 0 Å². The summed E-state index contributed by atoms with van der Waals surface area (Å²) in [6.07, 6.45) is 4.00. The van der Waals surface area contributed by atoms with Crippen molar-refractivity contribution >= 4 is 6.41 Å². The van der Waals surface area contributed by atoms with Gasteiger partial charge in [0.25, 0.3) is 0 Å². The fourth-order valence-electron chi connectivity index (χ4n) is 0.903. The molecule has 0 bridgehead atoms. The molecule has 10 heavy (non-hydrogen) atoms. The summed E-state index contributed by atoms with van der Waals surface area (Å²) in [4.78, 5) is 11.8. The minimum atomic E-state index is -0.0312. The highest BCUT2D eigenvalue weighted by atomic mass is 16.1. The molecule has 0 rings (SSSR count). The molecular formula is C8H16NO. The van der Waals surface area contributed by atoms with Gasteiger partial charge in [0.15, 0.2) is 0 Å². The van der Waals surface area contributed by atoms with Gasteiger partial charge in [-0.25, -0.2) is 0 Å². The lowest BCUT2D eigenvalue weighted by atomic mass is 9.98. The zero-order valence-corrected chi connectivity index (χ0v) is 7.27. The van der Waals surface area contributed by atoms with Crippen LogP contribution in [0.5, 0.6) is 0 Å². The van der Waals surface area contributed by atoms with E-state index in [2.05, 4.69) is 6.92 Å². The average molecular weight is 142 g/mol. The van der Waals surface area contributed by atoms with Crippen molar-refractivity contribution in [2.24, 2.45) is 0 Å². The molecule has 2 nitrogen and oxygen atoms in total. The van der Waals surface area contributed by atoms with E-state index in [-0.39, 0.29) is 5.54 Å². The molecule has 0 aromatic heterocycles. The van der Waals surface area contributed by atoms with Gasteiger partial charge in [-0.05, 0) is 20.3 Å². The topological polar surface area (TPSA) is 20.3 Å². The van der Waals surface area contributed by atoms with E-state index in [1.165, 1.54) is 0 Å². The van der Waals surface area contributed by atoms with Crippen LogP contribution in [0.2, 0.25) is 0 Å². The van der Waals surface area contributed by atoms with Crippen LogP contribution in [0, 0.1) is 0 Å². The molecule has 0 aliphatic heterocycles. The molecule has 0 N–H and O–H groups in total. The largest absolute Gasteiger partial charge is 0.332 e. The summed E-state index contributed by atoms with van der Waals surface area (Å²) in [7, 11) is 1.77. The van der Waals surface area contributed by atoms with Crippen molar-refractivity contribution in [2.45, 2.75) is 39.2 Å². The van der Waals surface area contributed by atoms with Gasteiger partial charge in [-0.15, -0.1) is 0 Å². The molecule has 0 atom stereocenters. The third-order valence-electron chi connectivity index (χ3n) is 1.91. The van der Waals surface area contributed by atoms with Crippen molar-refractivity contribution in [1.82, 2.24) is 4.90 Å². The van der Waals surface area contributed by atoms with Gasteiger partial charge in [0.1, 0.15) is 0 Å². The van der Waals surface area contributed by atoms with E-state index in [0.717, 1.165) is 12.8 Å². The van der Waals surface area contributed by atoms with Crippen LogP contribution in [0.4, 0.5) is 0 Å². The second-order valence-electron chi connectivity index (χ2n) is 3.21. The SMILES string of the molecule is CCCC(C)(C)N(C)[C]=O. The highest BCUT2D eigenvalue weighted by molar-refractivity contribution is 5.48. The molecule has 0 heterocycles. The van der Waals surface area contributed by atoms with Crippen LogP contribution in [0.25, 0.3) is 0 Å². The fraction of sp³-hybridized carbons (Fsp3) is 0.875. The van der Waals surface area contributed by atoms with Crippen LogP contribution in [0.1, 0.15) is 33.6 Å². The summed E-state index contributed by atoms with van der Waals surface area (Å²) in [5.74, 6) is 0. The van der Waals surface area contributed by atoms with Crippen LogP contribution in [-0.2, 0) is 4.79 Å². The Morgan fingerprint density at radius 3 is 2.30 bits per heavy atom. The van der Waals surface area contributed by atoms with Crippen molar-refractivity contribution in [3.8, 4) is 0 Å². The summed E-state index contributed by atoms with van der Waals surface area (Å²) >= 11 is 0. The van der Waals surface area contributed by atoms with E-state index in [4.69, 9.17) is 0 Å². The molecule has 0 aliphatic carbocycles. The Bertz CT molecular complexity index is 110. The molecule has 0 aromatic carbocycles. The maximum Gasteiger partial charge on any atom is 0.312 e. The Morgan fingerprint density at radius 1 is 1.50 bits per heavy atom. The third-order valence-corrected chi connectivity index (χ3v) is 1.91. The Labute approximate surface area is 63.2 Å². The zero-order valence-electron chi connectivity index (χ0n) is 7.27. The Hall–Kier alpha value is -0.530. The summed E-state index contributed by atoms with van der Waals surface area (Å²) in [5.41, 5.74) is -0.0312. The second kappa shape index (κ2) is 3.59. The van der Waals surface area contributed by atoms with Crippen LogP contribution in [-0.4, -0.2) is 23.9 Å². The highest BCUT2D eigenvalue weighted by Gasteiger charge is 2.20. The van der Waals surface area contributed by atoms with E-state index >= 15 is 0 Å². The number of carbonyl (C=O) groups excluding carboxylic acids is 1. The average Bonchev–Trinajstić information content (AvgIpc) is 1.86. The molecule has 2 heteroatoms. The summed E-state index contributed by atoms with van der Waals surface area (Å²) in [6, 6.07) is 0. The molecule has 0 saturated carbocycles. The molecule has 0 unspecified atom stereocenters. The lowest BCUT2D eigenvalue weighted by Gasteiger charge is -2.31. The van der Waals surface area contributed by atoms with Crippen molar-refractivity contribution in [3.63, 3.8) is 0 Å². The van der Waals surface area contributed by atoms with Crippen molar-refractivity contribution < 1.29 is 4.79 Å². The number of nitrogens with zero attached hydrogens (tertiary/aromatic N) is 1. The smallest absolute Gasteiger partial charge is 0.312 e. The summed E-state index contributed by atoms with van der Waals surface area (Å²) in [6.45, 7) is 6.20. The molecule has 59 valence electrons. The van der Waals surface area contributed by atoms with Gasteiger partial charge in [0.2, 0.25) is 0 Å². The van der Waals surface area contributed by atoms with Crippen LogP contribution in [0.3, 0.4) is 0 Å². The summed E-state index contributed by atoms with van der Waals surface area (Å²) in [5, 5.41) is 0. The molecule has 0 fully saturated rings. The minimum absolute atomic E-state index is 0.0312. The van der Waals surface area contributed by atoms with E-state index in [1.807, 2.05) is 20.3 Å². The van der Waals surface area contributed by atoms with Gasteiger partial charge in [-0.2, -0.15) is 0 Å². The molecule has 0 spiro atoms. The predicted molar refractivity (Wildman–Crippen MR) is 42.4 cm³/mol. The van der Waals surface area contributed by atoms with E-state index < -0.39 is 0 Å². The van der Waals surface area contributed by atoms with Gasteiger partial charge in [-0.3, -0.25) is 4.79 Å². The molecule has 1 radical (unpaired) electrons. The molecular weight excluding hydrogens is 126 g/mol. The quantitative estimate of drug-likeness (QED) is 0.545. The van der Waals surface area contributed by atoms with Crippen LogP contribution >= 0.6 is 0 Å². The Morgan fingerprint density at radius 2 is 2.00 bits per heavy atom. The number of hydrogen-bond acceptors (Lipinski definition) is 1. The monoisotopic (exact) mass is 142 g/mol. The molecule has 1 amide bonds. The fourth-order valence-corrected chi connectivity index (χ4v) is 0.903. The number of rotatable bonds is 4. The van der Waals surface area contributed by atoms with Gasteiger partial charge >= 0.3 is 6.41 Å². The first-order valence-corrected chi connectivity index (χ1v) is 3.66. The van der Waals surface area contributed by atoms with E-state index in [9.17, 15) is 4.79 Å². The van der Waals surface area contributed by atoms with Gasteiger partial charge < -0.3 is 4.90 Å². The van der Waals surface area contributed by atoms with E-state index in [1.54, 1.807) is 11.9 Å². The second-order valence-corrected chi connectivity index (χ2v) is 3.21. The summed E-state index contributed by atoms with van der Waals surface area (Å²) < 4.78 is 0. The number of amides is 1. The van der Waals surface area contributed by atoms with Crippen LogP contribution < -0.4 is 0 Å². The lowest BCUT2D eigenvalue weighted by molar-refractivity contribution is 0.225. The normalized spacial score (nSPS) is 11.2. The first kappa shape index (κ1) is 9.47. The maximum atomic E-state index is 10.2. The van der Waals surface area contributed by atoms with Crippen LogP contribution in [0.15, 0.2) is 0 Å². The Kier molecular flexibility index (Phi) is 3.40. The maximum absolute atomic E-state index is 10.2. The third kappa shape index (κ3) is 2.38. The Balaban J connectivity index is 3.94. The van der Waals surface area contributed by atoms with Crippen molar-refractivity contribution in [2.75, 3.05) is 7.05 Å². The van der Waals surface area contributed by atoms with Gasteiger partial charge in [0, 0.05) is 12.6 Å². The molecule has 0 saturated heterocycles. The zero-order chi connectivity index (χ0) is 8.20. The van der Waals surface area contributed by atoms with E-state index in [0.29, 0.717) is 0 Å². The molecule has 0 aliphatic rings. The van der Waals surface area contributed by atoms with Gasteiger partial charge in [-0.1, -0.05) is 13.3 Å². The standard InChI is InChI=1S/C8H16NO/c1-5-6-8(2,3)9(4)7-10/h5-6H2,1-4H3. The van der Waals surface area contributed by atoms with Crippen molar-refractivity contribution in [3.05, 3.63) is 0 Å². The first-order chi connectivity index (χ1) is 4.54. The first-order valence-electron chi connectivity index (χ1n) is 3.66.